The van der Waals surface area contributed by atoms with E-state index in [4.69, 9.17) is 4.74 Å². The predicted molar refractivity (Wildman–Crippen MR) is 134 cm³/mol. The van der Waals surface area contributed by atoms with Crippen molar-refractivity contribution >= 4 is 29.1 Å². The van der Waals surface area contributed by atoms with Gasteiger partial charge >= 0.3 is 5.97 Å². The molecule has 0 saturated heterocycles. The molecule has 0 bridgehead atoms. The normalized spacial score (nSPS) is 12.1. The van der Waals surface area contributed by atoms with Crippen molar-refractivity contribution < 1.29 is 9.53 Å². The lowest BCUT2D eigenvalue weighted by Crippen LogP contribution is -2.32. The highest BCUT2D eigenvalue weighted by Crippen LogP contribution is 2.55. The van der Waals surface area contributed by atoms with Gasteiger partial charge in [-0.2, -0.15) is 0 Å². The van der Waals surface area contributed by atoms with E-state index in [0.717, 1.165) is 12.6 Å². The van der Waals surface area contributed by atoms with Crippen LogP contribution in [0.5, 0.6) is 0 Å². The van der Waals surface area contributed by atoms with Crippen molar-refractivity contribution in [2.45, 2.75) is 27.2 Å². The fraction of sp³-hybridized carbons (Fsp3) is 0.250. The second kappa shape index (κ2) is 10.6. The van der Waals surface area contributed by atoms with Crippen LogP contribution in [0.2, 0.25) is 0 Å². The van der Waals surface area contributed by atoms with Crippen LogP contribution in [-0.4, -0.2) is 18.7 Å². The number of esters is 1. The number of rotatable bonds is 8. The maximum atomic E-state index is 12.0. The third kappa shape index (κ3) is 5.71. The van der Waals surface area contributed by atoms with Gasteiger partial charge in [-0.15, -0.1) is 0 Å². The second-order valence-electron chi connectivity index (χ2n) is 8.64. The van der Waals surface area contributed by atoms with Gasteiger partial charge in [0.1, 0.15) is 23.2 Å². The smallest absolute Gasteiger partial charge is 0.311 e. The maximum absolute atomic E-state index is 12.0. The van der Waals surface area contributed by atoms with Gasteiger partial charge in [-0.1, -0.05) is 66.7 Å². The molecule has 0 N–H and O–H groups in total. The number of carbonyl (C=O) groups excluding carboxylic acids is 1. The molecule has 3 heteroatoms. The topological polar surface area (TPSA) is 26.3 Å². The molecular formula is C28H32O2P+. The molecule has 31 heavy (non-hydrogen) atoms. The summed E-state index contributed by atoms with van der Waals surface area (Å²) in [5.74, 6) is -0.152. The maximum Gasteiger partial charge on any atom is 0.311 e. The van der Waals surface area contributed by atoms with Crippen LogP contribution < -0.4 is 15.9 Å². The summed E-state index contributed by atoms with van der Waals surface area (Å²) in [7, 11) is -1.84. The lowest BCUT2D eigenvalue weighted by Gasteiger charge is -2.26. The van der Waals surface area contributed by atoms with Gasteiger partial charge in [0, 0.05) is 0 Å². The molecule has 160 valence electrons. The van der Waals surface area contributed by atoms with Gasteiger partial charge in [-0.25, -0.2) is 0 Å². The molecule has 0 heterocycles. The zero-order valence-corrected chi connectivity index (χ0v) is 19.6. The van der Waals surface area contributed by atoms with E-state index in [-0.39, 0.29) is 5.97 Å². The monoisotopic (exact) mass is 431 g/mol. The molecular weight excluding hydrogens is 399 g/mol. The average molecular weight is 432 g/mol. The second-order valence-corrected chi connectivity index (χ2v) is 12.2. The van der Waals surface area contributed by atoms with E-state index in [1.807, 2.05) is 20.8 Å². The molecule has 0 amide bonds. The van der Waals surface area contributed by atoms with Crippen LogP contribution in [0.4, 0.5) is 0 Å². The first-order valence-corrected chi connectivity index (χ1v) is 12.8. The van der Waals surface area contributed by atoms with Crippen LogP contribution in [0.3, 0.4) is 0 Å². The lowest BCUT2D eigenvalue weighted by atomic mass is 9.97. The van der Waals surface area contributed by atoms with E-state index in [2.05, 4.69) is 103 Å². The van der Waals surface area contributed by atoms with E-state index in [1.54, 1.807) is 0 Å². The summed E-state index contributed by atoms with van der Waals surface area (Å²) >= 11 is 0. The quantitative estimate of drug-likeness (QED) is 0.203. The summed E-state index contributed by atoms with van der Waals surface area (Å²) < 4.78 is 5.41. The van der Waals surface area contributed by atoms with Gasteiger partial charge in [-0.3, -0.25) is 4.79 Å². The van der Waals surface area contributed by atoms with Gasteiger partial charge in [0.2, 0.25) is 0 Å². The Balaban J connectivity index is 1.89. The number of benzene rings is 3. The minimum absolute atomic E-state index is 0.152. The molecule has 0 unspecified atom stereocenters. The molecule has 0 radical (unpaired) electrons. The van der Waals surface area contributed by atoms with Crippen molar-refractivity contribution in [3.8, 4) is 0 Å². The van der Waals surface area contributed by atoms with E-state index in [0.29, 0.717) is 6.61 Å². The highest BCUT2D eigenvalue weighted by molar-refractivity contribution is 7.95. The van der Waals surface area contributed by atoms with Crippen LogP contribution in [0.25, 0.3) is 0 Å². The Morgan fingerprint density at radius 1 is 0.742 bits per heavy atom. The molecule has 2 nitrogen and oxygen atoms in total. The highest BCUT2D eigenvalue weighted by Gasteiger charge is 2.43. The van der Waals surface area contributed by atoms with Crippen molar-refractivity contribution in [2.24, 2.45) is 5.41 Å². The van der Waals surface area contributed by atoms with E-state index in [9.17, 15) is 4.79 Å². The molecule has 0 atom stereocenters. The van der Waals surface area contributed by atoms with Crippen molar-refractivity contribution in [2.75, 3.05) is 12.8 Å². The fourth-order valence-corrected chi connectivity index (χ4v) is 7.63. The summed E-state index contributed by atoms with van der Waals surface area (Å²) in [6.07, 6.45) is 6.07. The van der Waals surface area contributed by atoms with Crippen LogP contribution in [0.15, 0.2) is 103 Å². The molecule has 3 aromatic rings. The third-order valence-corrected chi connectivity index (χ3v) is 9.56. The van der Waals surface area contributed by atoms with Crippen LogP contribution in [0, 0.1) is 5.41 Å². The SMILES string of the molecule is CC(C)(C)C(=O)OCC/C=C\C[P+](c1ccccc1)(c1ccccc1)c1ccccc1. The minimum atomic E-state index is -1.84. The van der Waals surface area contributed by atoms with Gasteiger partial charge in [0.25, 0.3) is 0 Å². The van der Waals surface area contributed by atoms with Crippen LogP contribution in [-0.2, 0) is 9.53 Å². The molecule has 0 aliphatic rings. The van der Waals surface area contributed by atoms with Gasteiger partial charge < -0.3 is 4.74 Å². The first-order chi connectivity index (χ1) is 14.9. The molecule has 0 aliphatic heterocycles. The molecule has 3 rings (SSSR count). The molecule has 0 aromatic heterocycles. The summed E-state index contributed by atoms with van der Waals surface area (Å²) in [6, 6.07) is 32.6. The molecule has 0 fully saturated rings. The Morgan fingerprint density at radius 3 is 1.55 bits per heavy atom. The number of carbonyl (C=O) groups is 1. The minimum Gasteiger partial charge on any atom is -0.465 e. The standard InChI is InChI=1S/C28H32O2P/c1-28(2,3)27(29)30-22-14-7-15-23-31(24-16-8-4-9-17-24,25-18-10-5-11-19-25)26-20-12-6-13-21-26/h4-13,15-21H,14,22-23H2,1-3H3/q+1/b15-7-. The van der Waals surface area contributed by atoms with Gasteiger partial charge in [0.05, 0.1) is 18.2 Å². The number of hydrogen-bond donors (Lipinski definition) is 0. The van der Waals surface area contributed by atoms with Crippen molar-refractivity contribution in [1.82, 2.24) is 0 Å². The fourth-order valence-electron chi connectivity index (χ4n) is 3.60. The Morgan fingerprint density at radius 2 is 1.16 bits per heavy atom. The predicted octanol–water partition coefficient (Wildman–Crippen LogP) is 5.52. The van der Waals surface area contributed by atoms with Crippen LogP contribution >= 0.6 is 7.26 Å². The van der Waals surface area contributed by atoms with Crippen LogP contribution in [0.1, 0.15) is 27.2 Å². The number of ether oxygens (including phenoxy) is 1. The Kier molecular flexibility index (Phi) is 7.82. The number of allylic oxidation sites excluding steroid dienone is 1. The van der Waals surface area contributed by atoms with Crippen molar-refractivity contribution in [3.05, 3.63) is 103 Å². The van der Waals surface area contributed by atoms with E-state index < -0.39 is 12.7 Å². The summed E-state index contributed by atoms with van der Waals surface area (Å²) in [5.41, 5.74) is -0.460. The van der Waals surface area contributed by atoms with Crippen molar-refractivity contribution in [1.29, 1.82) is 0 Å². The Labute approximate surface area is 187 Å². The van der Waals surface area contributed by atoms with Crippen molar-refractivity contribution in [3.63, 3.8) is 0 Å². The lowest BCUT2D eigenvalue weighted by molar-refractivity contribution is -0.152. The average Bonchev–Trinajstić information content (AvgIpc) is 2.80. The molecule has 0 saturated carbocycles. The highest BCUT2D eigenvalue weighted by atomic mass is 31.2. The molecule has 3 aromatic carbocycles. The summed E-state index contributed by atoms with van der Waals surface area (Å²) in [4.78, 5) is 12.0. The van der Waals surface area contributed by atoms with E-state index in [1.165, 1.54) is 15.9 Å². The third-order valence-electron chi connectivity index (χ3n) is 5.27. The first-order valence-electron chi connectivity index (χ1n) is 10.8. The Hall–Kier alpha value is -2.70. The largest absolute Gasteiger partial charge is 0.465 e. The van der Waals surface area contributed by atoms with Gasteiger partial charge in [0.15, 0.2) is 0 Å². The summed E-state index contributed by atoms with van der Waals surface area (Å²) in [5, 5.41) is 4.11. The van der Waals surface area contributed by atoms with Gasteiger partial charge in [-0.05, 0) is 63.6 Å². The molecule has 0 spiro atoms. The zero-order valence-electron chi connectivity index (χ0n) is 18.7. The zero-order chi connectivity index (χ0) is 22.2. The first kappa shape index (κ1) is 23.0. The summed E-state index contributed by atoms with van der Waals surface area (Å²) in [6.45, 7) is 6.05. The van der Waals surface area contributed by atoms with E-state index >= 15 is 0 Å². The number of hydrogen-bond acceptors (Lipinski definition) is 2. The Bertz CT molecular complexity index is 877. The molecule has 0 aliphatic carbocycles.